The standard InChI is InChI=1S/C11H11N3O/c1-6-13-10(7-2-3-7)9-8(5-15)4-12-11(9)14-6/h4-5,7H,2-3H2,1H3,(H,12,13,14). The number of carbonyl (C=O) groups is 1. The molecule has 1 fully saturated rings. The lowest BCUT2D eigenvalue weighted by Crippen LogP contribution is -1.96. The molecule has 2 aromatic rings. The van der Waals surface area contributed by atoms with Gasteiger partial charge in [0.15, 0.2) is 6.29 Å². The van der Waals surface area contributed by atoms with E-state index in [1.54, 1.807) is 6.20 Å². The first kappa shape index (κ1) is 8.59. The molecule has 3 rings (SSSR count). The molecular weight excluding hydrogens is 190 g/mol. The highest BCUT2D eigenvalue weighted by Gasteiger charge is 2.28. The summed E-state index contributed by atoms with van der Waals surface area (Å²) in [5.74, 6) is 1.30. The van der Waals surface area contributed by atoms with Crippen molar-refractivity contribution in [1.29, 1.82) is 0 Å². The van der Waals surface area contributed by atoms with E-state index < -0.39 is 0 Å². The molecule has 1 N–H and O–H groups in total. The highest BCUT2D eigenvalue weighted by molar-refractivity contribution is 5.97. The summed E-state index contributed by atoms with van der Waals surface area (Å²) in [6.07, 6.45) is 4.92. The van der Waals surface area contributed by atoms with Gasteiger partial charge in [-0.1, -0.05) is 0 Å². The predicted molar refractivity (Wildman–Crippen MR) is 56.0 cm³/mol. The van der Waals surface area contributed by atoms with E-state index in [0.29, 0.717) is 11.5 Å². The average molecular weight is 201 g/mol. The van der Waals surface area contributed by atoms with Gasteiger partial charge in [-0.15, -0.1) is 0 Å². The fourth-order valence-corrected chi connectivity index (χ4v) is 1.95. The molecule has 1 aliphatic carbocycles. The average Bonchev–Trinajstić information content (AvgIpc) is 2.98. The monoisotopic (exact) mass is 201 g/mol. The second kappa shape index (κ2) is 2.89. The largest absolute Gasteiger partial charge is 0.345 e. The highest BCUT2D eigenvalue weighted by atomic mass is 16.1. The SMILES string of the molecule is Cc1nc(C2CC2)c2c(C=O)c[nH]c2n1. The van der Waals surface area contributed by atoms with Gasteiger partial charge in [0.1, 0.15) is 11.5 Å². The number of carbonyl (C=O) groups excluding carboxylic acids is 1. The summed E-state index contributed by atoms with van der Waals surface area (Å²) in [4.78, 5) is 22.7. The molecule has 0 aliphatic heterocycles. The topological polar surface area (TPSA) is 58.6 Å². The quantitative estimate of drug-likeness (QED) is 0.755. The number of nitrogens with zero attached hydrogens (tertiary/aromatic N) is 2. The zero-order valence-corrected chi connectivity index (χ0v) is 8.45. The minimum absolute atomic E-state index is 0.531. The minimum atomic E-state index is 0.531. The number of rotatable bonds is 2. The van der Waals surface area contributed by atoms with E-state index in [0.717, 1.165) is 28.8 Å². The second-order valence-electron chi connectivity index (χ2n) is 4.02. The van der Waals surface area contributed by atoms with Gasteiger partial charge in [0.25, 0.3) is 0 Å². The summed E-state index contributed by atoms with van der Waals surface area (Å²) >= 11 is 0. The summed E-state index contributed by atoms with van der Waals surface area (Å²) in [5, 5.41) is 0.915. The van der Waals surface area contributed by atoms with E-state index in [2.05, 4.69) is 15.0 Å². The molecule has 2 aromatic heterocycles. The van der Waals surface area contributed by atoms with Crippen molar-refractivity contribution in [3.05, 3.63) is 23.3 Å². The van der Waals surface area contributed by atoms with Gasteiger partial charge in [-0.3, -0.25) is 4.79 Å². The Morgan fingerprint density at radius 1 is 1.47 bits per heavy atom. The van der Waals surface area contributed by atoms with E-state index in [1.165, 1.54) is 12.8 Å². The Morgan fingerprint density at radius 2 is 2.27 bits per heavy atom. The Labute approximate surface area is 86.7 Å². The number of nitrogens with one attached hydrogen (secondary N) is 1. The number of aromatic amines is 1. The van der Waals surface area contributed by atoms with Gasteiger partial charge < -0.3 is 4.98 Å². The molecule has 1 saturated carbocycles. The second-order valence-corrected chi connectivity index (χ2v) is 4.02. The maximum atomic E-state index is 10.9. The Kier molecular flexibility index (Phi) is 1.65. The summed E-state index contributed by atoms with van der Waals surface area (Å²) < 4.78 is 0. The Hall–Kier alpha value is -1.71. The summed E-state index contributed by atoms with van der Waals surface area (Å²) in [5.41, 5.74) is 2.50. The molecule has 0 atom stereocenters. The van der Waals surface area contributed by atoms with Crippen molar-refractivity contribution in [2.75, 3.05) is 0 Å². The van der Waals surface area contributed by atoms with Gasteiger partial charge in [-0.2, -0.15) is 0 Å². The smallest absolute Gasteiger partial charge is 0.152 e. The first-order valence-corrected chi connectivity index (χ1v) is 5.10. The van der Waals surface area contributed by atoms with Crippen LogP contribution in [0.15, 0.2) is 6.20 Å². The molecule has 4 nitrogen and oxygen atoms in total. The molecular formula is C11H11N3O. The van der Waals surface area contributed by atoms with E-state index in [9.17, 15) is 4.79 Å². The number of hydrogen-bond acceptors (Lipinski definition) is 3. The van der Waals surface area contributed by atoms with E-state index in [4.69, 9.17) is 0 Å². The molecule has 0 spiro atoms. The summed E-state index contributed by atoms with van der Waals surface area (Å²) in [7, 11) is 0. The van der Waals surface area contributed by atoms with Gasteiger partial charge in [0.2, 0.25) is 0 Å². The van der Waals surface area contributed by atoms with Crippen LogP contribution in [0.3, 0.4) is 0 Å². The normalized spacial score (nSPS) is 15.8. The van der Waals surface area contributed by atoms with Crippen molar-refractivity contribution in [1.82, 2.24) is 15.0 Å². The molecule has 0 unspecified atom stereocenters. The van der Waals surface area contributed by atoms with Crippen molar-refractivity contribution in [2.24, 2.45) is 0 Å². The fourth-order valence-electron chi connectivity index (χ4n) is 1.95. The van der Waals surface area contributed by atoms with Crippen LogP contribution in [0.5, 0.6) is 0 Å². The molecule has 0 radical (unpaired) electrons. The van der Waals surface area contributed by atoms with Crippen LogP contribution >= 0.6 is 0 Å². The number of aromatic nitrogens is 3. The molecule has 2 heterocycles. The molecule has 0 amide bonds. The Morgan fingerprint density at radius 3 is 2.93 bits per heavy atom. The van der Waals surface area contributed by atoms with Crippen LogP contribution in [0, 0.1) is 6.92 Å². The maximum absolute atomic E-state index is 10.9. The van der Waals surface area contributed by atoms with Crippen LogP contribution in [0.2, 0.25) is 0 Å². The van der Waals surface area contributed by atoms with Crippen LogP contribution in [0.25, 0.3) is 11.0 Å². The van der Waals surface area contributed by atoms with Crippen LogP contribution < -0.4 is 0 Å². The molecule has 0 saturated heterocycles. The molecule has 76 valence electrons. The first-order chi connectivity index (χ1) is 7.29. The number of aldehydes is 1. The molecule has 4 heteroatoms. The first-order valence-electron chi connectivity index (χ1n) is 5.10. The molecule has 15 heavy (non-hydrogen) atoms. The third-order valence-corrected chi connectivity index (χ3v) is 2.79. The lowest BCUT2D eigenvalue weighted by atomic mass is 10.1. The van der Waals surface area contributed by atoms with E-state index in [-0.39, 0.29) is 0 Å². The van der Waals surface area contributed by atoms with Crippen LogP contribution in [-0.4, -0.2) is 21.2 Å². The Bertz CT molecular complexity index is 540. The number of hydrogen-bond donors (Lipinski definition) is 1. The van der Waals surface area contributed by atoms with Gasteiger partial charge >= 0.3 is 0 Å². The van der Waals surface area contributed by atoms with Gasteiger partial charge in [-0.25, -0.2) is 9.97 Å². The zero-order chi connectivity index (χ0) is 10.4. The van der Waals surface area contributed by atoms with Gasteiger partial charge in [0.05, 0.1) is 11.1 Å². The van der Waals surface area contributed by atoms with Gasteiger partial charge in [0, 0.05) is 17.7 Å². The van der Waals surface area contributed by atoms with Crippen molar-refractivity contribution in [3.8, 4) is 0 Å². The predicted octanol–water partition coefficient (Wildman–Crippen LogP) is 1.96. The van der Waals surface area contributed by atoms with Crippen molar-refractivity contribution in [2.45, 2.75) is 25.7 Å². The molecule has 0 aromatic carbocycles. The number of aryl methyl sites for hydroxylation is 1. The maximum Gasteiger partial charge on any atom is 0.152 e. The van der Waals surface area contributed by atoms with Crippen molar-refractivity contribution in [3.63, 3.8) is 0 Å². The van der Waals surface area contributed by atoms with Crippen molar-refractivity contribution < 1.29 is 4.79 Å². The Balaban J connectivity index is 2.37. The lowest BCUT2D eigenvalue weighted by molar-refractivity contribution is 0.112. The van der Waals surface area contributed by atoms with Crippen LogP contribution in [-0.2, 0) is 0 Å². The summed E-state index contributed by atoms with van der Waals surface area (Å²) in [6, 6.07) is 0. The lowest BCUT2D eigenvalue weighted by Gasteiger charge is -2.01. The van der Waals surface area contributed by atoms with Gasteiger partial charge in [-0.05, 0) is 19.8 Å². The third kappa shape index (κ3) is 1.25. The van der Waals surface area contributed by atoms with Crippen LogP contribution in [0.4, 0.5) is 0 Å². The zero-order valence-electron chi connectivity index (χ0n) is 8.45. The fraction of sp³-hybridized carbons (Fsp3) is 0.364. The summed E-state index contributed by atoms with van der Waals surface area (Å²) in [6.45, 7) is 1.88. The van der Waals surface area contributed by atoms with Crippen LogP contribution in [0.1, 0.15) is 40.6 Å². The molecule has 0 bridgehead atoms. The highest BCUT2D eigenvalue weighted by Crippen LogP contribution is 2.42. The van der Waals surface area contributed by atoms with E-state index in [1.807, 2.05) is 6.92 Å². The van der Waals surface area contributed by atoms with E-state index >= 15 is 0 Å². The third-order valence-electron chi connectivity index (χ3n) is 2.79. The molecule has 1 aliphatic rings. The van der Waals surface area contributed by atoms with Crippen molar-refractivity contribution >= 4 is 17.3 Å². The number of fused-ring (bicyclic) bond motifs is 1. The number of H-pyrrole nitrogens is 1. The minimum Gasteiger partial charge on any atom is -0.345 e.